The highest BCUT2D eigenvalue weighted by molar-refractivity contribution is 7.86. The lowest BCUT2D eigenvalue weighted by Gasteiger charge is -1.95. The highest BCUT2D eigenvalue weighted by atomic mass is 32.2. The van der Waals surface area contributed by atoms with Crippen LogP contribution in [0.5, 0.6) is 0 Å². The van der Waals surface area contributed by atoms with Gasteiger partial charge in [0, 0.05) is 14.1 Å². The first kappa shape index (κ1) is 14.1. The van der Waals surface area contributed by atoms with Crippen LogP contribution < -0.4 is 0 Å². The number of oxazole rings is 1. The topological polar surface area (TPSA) is 101 Å². The highest BCUT2D eigenvalue weighted by Gasteiger charge is 2.16. The maximum absolute atomic E-state index is 10.8. The third kappa shape index (κ3) is 3.54. The van der Waals surface area contributed by atoms with E-state index in [9.17, 15) is 13.2 Å². The van der Waals surface area contributed by atoms with Gasteiger partial charge in [-0.2, -0.15) is 8.42 Å². The third-order valence-electron chi connectivity index (χ3n) is 1.81. The van der Waals surface area contributed by atoms with E-state index in [2.05, 4.69) is 4.98 Å². The van der Waals surface area contributed by atoms with Crippen LogP contribution in [0.25, 0.3) is 11.1 Å². The van der Waals surface area contributed by atoms with Gasteiger partial charge in [0.05, 0.1) is 0 Å². The Kier molecular flexibility index (Phi) is 4.40. The maximum atomic E-state index is 10.8. The van der Waals surface area contributed by atoms with Crippen molar-refractivity contribution in [2.75, 3.05) is 14.1 Å². The Balaban J connectivity index is 0.000000280. The highest BCUT2D eigenvalue weighted by Crippen LogP contribution is 2.21. The van der Waals surface area contributed by atoms with Crippen LogP contribution in [0.1, 0.15) is 0 Å². The summed E-state index contributed by atoms with van der Waals surface area (Å²) in [7, 11) is -0.858. The van der Waals surface area contributed by atoms with Crippen LogP contribution in [0.3, 0.4) is 0 Å². The predicted molar refractivity (Wildman–Crippen MR) is 63.6 cm³/mol. The Labute approximate surface area is 104 Å². The van der Waals surface area contributed by atoms with Gasteiger partial charge in [-0.25, -0.2) is 4.98 Å². The number of aromatic nitrogens is 1. The molecule has 7 nitrogen and oxygen atoms in total. The van der Waals surface area contributed by atoms with Crippen molar-refractivity contribution in [3.05, 3.63) is 24.6 Å². The van der Waals surface area contributed by atoms with E-state index >= 15 is 0 Å². The summed E-state index contributed by atoms with van der Waals surface area (Å²) in [4.78, 5) is 14.4. The SMILES string of the molecule is CN(C)C=O.O=S(=O)(O)c1cccc2ncoc12. The molecule has 0 atom stereocenters. The molecule has 0 aliphatic heterocycles. The Morgan fingerprint density at radius 3 is 2.50 bits per heavy atom. The minimum atomic E-state index is -4.23. The lowest BCUT2D eigenvalue weighted by molar-refractivity contribution is -0.115. The van der Waals surface area contributed by atoms with Gasteiger partial charge >= 0.3 is 0 Å². The first-order chi connectivity index (χ1) is 8.36. The van der Waals surface area contributed by atoms with Crippen LogP contribution >= 0.6 is 0 Å². The lowest BCUT2D eigenvalue weighted by atomic mass is 10.3. The molecule has 0 spiro atoms. The van der Waals surface area contributed by atoms with Gasteiger partial charge in [-0.05, 0) is 12.1 Å². The zero-order valence-electron chi connectivity index (χ0n) is 9.77. The van der Waals surface area contributed by atoms with E-state index in [1.165, 1.54) is 17.0 Å². The van der Waals surface area contributed by atoms with Gasteiger partial charge < -0.3 is 9.32 Å². The fraction of sp³-hybridized carbons (Fsp3) is 0.200. The molecule has 1 heterocycles. The molecule has 0 saturated carbocycles. The van der Waals surface area contributed by atoms with Crippen molar-refractivity contribution in [3.63, 3.8) is 0 Å². The summed E-state index contributed by atoms with van der Waals surface area (Å²) in [5.41, 5.74) is 0.472. The van der Waals surface area contributed by atoms with E-state index in [1.807, 2.05) is 0 Å². The minimum Gasteiger partial charge on any atom is -0.442 e. The summed E-state index contributed by atoms with van der Waals surface area (Å²) in [6, 6.07) is 4.32. The number of carbonyl (C=O) groups is 1. The van der Waals surface area contributed by atoms with Crippen LogP contribution in [-0.2, 0) is 14.9 Å². The first-order valence-electron chi connectivity index (χ1n) is 4.77. The van der Waals surface area contributed by atoms with E-state index in [1.54, 1.807) is 20.2 Å². The van der Waals surface area contributed by atoms with Crippen LogP contribution in [0.2, 0.25) is 0 Å². The first-order valence-corrected chi connectivity index (χ1v) is 6.21. The minimum absolute atomic E-state index is 0.0741. The fourth-order valence-corrected chi connectivity index (χ4v) is 1.70. The standard InChI is InChI=1S/C7H5NO4S.C3H7NO/c9-13(10,11)6-3-1-2-5-7(6)12-4-8-5;1-4(2)3-5/h1-4H,(H,9,10,11);3H,1-2H3. The molecule has 0 aliphatic rings. The number of nitrogens with zero attached hydrogens (tertiary/aromatic N) is 2. The molecule has 1 N–H and O–H groups in total. The van der Waals surface area contributed by atoms with Gasteiger partial charge in [0.2, 0.25) is 6.41 Å². The molecule has 1 aromatic heterocycles. The van der Waals surface area contributed by atoms with E-state index < -0.39 is 10.1 Å². The molecule has 1 aromatic carbocycles. The molecule has 0 fully saturated rings. The summed E-state index contributed by atoms with van der Waals surface area (Å²) in [6.07, 6.45) is 1.87. The molecule has 0 radical (unpaired) electrons. The molecular weight excluding hydrogens is 260 g/mol. The van der Waals surface area contributed by atoms with Crippen molar-refractivity contribution >= 4 is 27.6 Å². The molecule has 0 saturated heterocycles. The molecule has 0 aliphatic carbocycles. The molecule has 1 amide bonds. The Morgan fingerprint density at radius 1 is 1.39 bits per heavy atom. The number of fused-ring (bicyclic) bond motifs is 1. The number of amides is 1. The average Bonchev–Trinajstić information content (AvgIpc) is 2.75. The molecule has 0 bridgehead atoms. The quantitative estimate of drug-likeness (QED) is 0.640. The normalized spacial score (nSPS) is 10.6. The van der Waals surface area contributed by atoms with Crippen molar-refractivity contribution in [2.24, 2.45) is 0 Å². The smallest absolute Gasteiger partial charge is 0.298 e. The monoisotopic (exact) mass is 272 g/mol. The second kappa shape index (κ2) is 5.61. The molecule has 0 unspecified atom stereocenters. The van der Waals surface area contributed by atoms with Crippen molar-refractivity contribution < 1.29 is 22.2 Å². The molecule has 8 heteroatoms. The van der Waals surface area contributed by atoms with E-state index in [-0.39, 0.29) is 10.5 Å². The number of carbonyl (C=O) groups excluding carboxylic acids is 1. The largest absolute Gasteiger partial charge is 0.442 e. The summed E-state index contributed by atoms with van der Waals surface area (Å²) < 4.78 is 35.2. The second-order valence-electron chi connectivity index (χ2n) is 3.50. The van der Waals surface area contributed by atoms with Crippen molar-refractivity contribution in [1.82, 2.24) is 9.88 Å². The Hall–Kier alpha value is -1.93. The lowest BCUT2D eigenvalue weighted by Crippen LogP contribution is -2.06. The van der Waals surface area contributed by atoms with Gasteiger partial charge in [0.1, 0.15) is 10.4 Å². The van der Waals surface area contributed by atoms with Crippen LogP contribution in [0.4, 0.5) is 0 Å². The number of rotatable bonds is 2. The number of benzene rings is 1. The van der Waals surface area contributed by atoms with E-state index in [4.69, 9.17) is 8.97 Å². The fourth-order valence-electron chi connectivity index (χ4n) is 1.06. The number of para-hydroxylation sites is 1. The van der Waals surface area contributed by atoms with Crippen LogP contribution in [0.15, 0.2) is 33.9 Å². The van der Waals surface area contributed by atoms with Gasteiger partial charge in [-0.1, -0.05) is 6.07 Å². The average molecular weight is 272 g/mol. The number of hydrogen-bond donors (Lipinski definition) is 1. The molecule has 2 aromatic rings. The predicted octanol–water partition coefficient (Wildman–Crippen LogP) is 0.779. The molecule has 98 valence electrons. The van der Waals surface area contributed by atoms with Crippen LogP contribution in [0, 0.1) is 0 Å². The Bertz CT molecular complexity index is 633. The Morgan fingerprint density at radius 2 is 2.00 bits per heavy atom. The molecule has 18 heavy (non-hydrogen) atoms. The van der Waals surface area contributed by atoms with Crippen molar-refractivity contribution in [3.8, 4) is 0 Å². The maximum Gasteiger partial charge on any atom is 0.298 e. The summed E-state index contributed by atoms with van der Waals surface area (Å²) in [6.45, 7) is 0. The summed E-state index contributed by atoms with van der Waals surface area (Å²) >= 11 is 0. The van der Waals surface area contributed by atoms with Crippen LogP contribution in [-0.4, -0.2) is 43.4 Å². The van der Waals surface area contributed by atoms with Crippen molar-refractivity contribution in [2.45, 2.75) is 4.90 Å². The zero-order chi connectivity index (χ0) is 13.8. The van der Waals surface area contributed by atoms with Gasteiger partial charge in [0.25, 0.3) is 10.1 Å². The number of hydrogen-bond acceptors (Lipinski definition) is 5. The van der Waals surface area contributed by atoms with E-state index in [0.29, 0.717) is 5.52 Å². The second-order valence-corrected chi connectivity index (χ2v) is 4.89. The van der Waals surface area contributed by atoms with Gasteiger partial charge in [0.15, 0.2) is 12.0 Å². The zero-order valence-corrected chi connectivity index (χ0v) is 10.6. The molecular formula is C10H12N2O5S. The van der Waals surface area contributed by atoms with Gasteiger partial charge in [-0.3, -0.25) is 9.35 Å². The van der Waals surface area contributed by atoms with E-state index in [0.717, 1.165) is 12.8 Å². The van der Waals surface area contributed by atoms with Crippen molar-refractivity contribution in [1.29, 1.82) is 0 Å². The summed E-state index contributed by atoms with van der Waals surface area (Å²) in [5, 5.41) is 0. The molecule has 2 rings (SSSR count). The summed E-state index contributed by atoms with van der Waals surface area (Å²) in [5.74, 6) is 0. The van der Waals surface area contributed by atoms with Gasteiger partial charge in [-0.15, -0.1) is 0 Å². The third-order valence-corrected chi connectivity index (χ3v) is 2.69.